The standard InChI is InChI=1S/C24H27ClFN5O4/c25-15-9-16(26)22(35-12-17-18-3-1-2-7-31(18)28-27-17)21-14(15)4-8-30(23(33)34)19(21)11-29-13-24(5-6-24)10-20(29)32/h9,19H,1-8,10-13H2,(H,33,34)/t19-/m1/s1. The molecule has 1 saturated carbocycles. The fraction of sp³-hybridized carbons (Fsp3) is 0.583. The average Bonchev–Trinajstić information content (AvgIpc) is 3.33. The molecule has 1 saturated heterocycles. The highest BCUT2D eigenvalue weighted by Crippen LogP contribution is 2.54. The van der Waals surface area contributed by atoms with Gasteiger partial charge in [0.2, 0.25) is 5.91 Å². The van der Waals surface area contributed by atoms with Gasteiger partial charge < -0.3 is 14.7 Å². The molecule has 1 atom stereocenters. The third kappa shape index (κ3) is 3.91. The zero-order valence-corrected chi connectivity index (χ0v) is 20.1. The molecule has 1 aliphatic carbocycles. The van der Waals surface area contributed by atoms with Crippen LogP contribution in [0.3, 0.4) is 0 Å². The van der Waals surface area contributed by atoms with E-state index < -0.39 is 18.0 Å². The Hall–Kier alpha value is -2.88. The molecule has 1 spiro atoms. The van der Waals surface area contributed by atoms with Gasteiger partial charge in [-0.15, -0.1) is 5.10 Å². The number of halogens is 2. The van der Waals surface area contributed by atoms with E-state index in [1.807, 2.05) is 4.68 Å². The summed E-state index contributed by atoms with van der Waals surface area (Å²) in [5.41, 5.74) is 2.76. The lowest BCUT2D eigenvalue weighted by atomic mass is 9.91. The van der Waals surface area contributed by atoms with Crippen molar-refractivity contribution < 1.29 is 23.8 Å². The van der Waals surface area contributed by atoms with Gasteiger partial charge in [0.15, 0.2) is 11.6 Å². The fourth-order valence-electron chi connectivity index (χ4n) is 5.87. The molecule has 2 fully saturated rings. The summed E-state index contributed by atoms with van der Waals surface area (Å²) in [5, 5.41) is 18.6. The second-order valence-electron chi connectivity index (χ2n) is 10.2. The molecule has 186 valence electrons. The molecule has 1 aromatic heterocycles. The van der Waals surface area contributed by atoms with Crippen molar-refractivity contribution in [2.45, 2.75) is 64.1 Å². The Bertz CT molecular complexity index is 1210. The summed E-state index contributed by atoms with van der Waals surface area (Å²) < 4.78 is 23.2. The summed E-state index contributed by atoms with van der Waals surface area (Å²) in [5.74, 6) is -0.662. The number of benzene rings is 1. The van der Waals surface area contributed by atoms with Crippen molar-refractivity contribution in [3.8, 4) is 5.75 Å². The predicted octanol–water partition coefficient (Wildman–Crippen LogP) is 3.58. The number of carbonyl (C=O) groups is 2. The van der Waals surface area contributed by atoms with E-state index in [-0.39, 0.29) is 41.8 Å². The Morgan fingerprint density at radius 1 is 1.29 bits per heavy atom. The second-order valence-corrected chi connectivity index (χ2v) is 10.6. The van der Waals surface area contributed by atoms with Gasteiger partial charge in [0.1, 0.15) is 12.3 Å². The molecule has 0 radical (unpaired) electrons. The van der Waals surface area contributed by atoms with E-state index in [0.717, 1.165) is 44.3 Å². The van der Waals surface area contributed by atoms with Crippen LogP contribution in [0.15, 0.2) is 6.07 Å². The van der Waals surface area contributed by atoms with Crippen molar-refractivity contribution >= 4 is 23.6 Å². The van der Waals surface area contributed by atoms with E-state index in [0.29, 0.717) is 36.2 Å². The molecule has 1 aromatic carbocycles. The number of fused-ring (bicyclic) bond motifs is 2. The van der Waals surface area contributed by atoms with E-state index in [9.17, 15) is 14.7 Å². The lowest BCUT2D eigenvalue weighted by molar-refractivity contribution is -0.128. The lowest BCUT2D eigenvalue weighted by Crippen LogP contribution is -2.45. The maximum absolute atomic E-state index is 15.3. The normalized spacial score (nSPS) is 22.3. The predicted molar refractivity (Wildman–Crippen MR) is 123 cm³/mol. The molecule has 4 heterocycles. The van der Waals surface area contributed by atoms with Crippen LogP contribution >= 0.6 is 11.6 Å². The first-order valence-corrected chi connectivity index (χ1v) is 12.6. The highest BCUT2D eigenvalue weighted by atomic mass is 35.5. The molecule has 35 heavy (non-hydrogen) atoms. The summed E-state index contributed by atoms with van der Waals surface area (Å²) in [6.45, 7) is 1.79. The molecular formula is C24H27ClFN5O4. The minimum absolute atomic E-state index is 0.0145. The Labute approximate surface area is 206 Å². The number of hydrogen-bond donors (Lipinski definition) is 1. The van der Waals surface area contributed by atoms with Crippen LogP contribution in [0.5, 0.6) is 5.75 Å². The van der Waals surface area contributed by atoms with E-state index in [2.05, 4.69) is 10.3 Å². The Morgan fingerprint density at radius 3 is 2.86 bits per heavy atom. The first kappa shape index (κ1) is 22.6. The van der Waals surface area contributed by atoms with Gasteiger partial charge in [0, 0.05) is 43.2 Å². The van der Waals surface area contributed by atoms with Crippen molar-refractivity contribution in [1.82, 2.24) is 24.8 Å². The summed E-state index contributed by atoms with van der Waals surface area (Å²) >= 11 is 6.44. The molecule has 0 unspecified atom stereocenters. The first-order valence-electron chi connectivity index (χ1n) is 12.2. The number of nitrogens with zero attached hydrogens (tertiary/aromatic N) is 5. The molecule has 3 aliphatic heterocycles. The Kier molecular flexibility index (Phi) is 5.39. The number of carbonyl (C=O) groups excluding carboxylic acids is 1. The van der Waals surface area contributed by atoms with Gasteiger partial charge in [0.05, 0.1) is 11.7 Å². The molecule has 2 aromatic rings. The largest absolute Gasteiger partial charge is 0.484 e. The number of hydrogen-bond acceptors (Lipinski definition) is 5. The monoisotopic (exact) mass is 503 g/mol. The zero-order valence-electron chi connectivity index (χ0n) is 19.3. The van der Waals surface area contributed by atoms with Crippen molar-refractivity contribution in [2.24, 2.45) is 5.41 Å². The quantitative estimate of drug-likeness (QED) is 0.669. The summed E-state index contributed by atoms with van der Waals surface area (Å²) in [7, 11) is 0. The number of aromatic nitrogens is 3. The van der Waals surface area contributed by atoms with Gasteiger partial charge in [-0.05, 0) is 55.6 Å². The van der Waals surface area contributed by atoms with E-state index in [4.69, 9.17) is 16.3 Å². The lowest BCUT2D eigenvalue weighted by Gasteiger charge is -2.38. The highest BCUT2D eigenvalue weighted by molar-refractivity contribution is 6.31. The maximum atomic E-state index is 15.3. The summed E-state index contributed by atoms with van der Waals surface area (Å²) in [6, 6.07) is 0.455. The van der Waals surface area contributed by atoms with Crippen LogP contribution in [0.25, 0.3) is 0 Å². The van der Waals surface area contributed by atoms with Crippen molar-refractivity contribution in [3.05, 3.63) is 39.4 Å². The first-order chi connectivity index (χ1) is 16.8. The zero-order chi connectivity index (χ0) is 24.3. The van der Waals surface area contributed by atoms with Crippen molar-refractivity contribution in [3.63, 3.8) is 0 Å². The minimum atomic E-state index is -1.12. The van der Waals surface area contributed by atoms with Crippen LogP contribution < -0.4 is 4.74 Å². The fourth-order valence-corrected chi connectivity index (χ4v) is 6.16. The van der Waals surface area contributed by atoms with Gasteiger partial charge in [-0.3, -0.25) is 9.69 Å². The topological polar surface area (TPSA) is 101 Å². The van der Waals surface area contributed by atoms with Crippen molar-refractivity contribution in [2.75, 3.05) is 19.6 Å². The highest BCUT2D eigenvalue weighted by Gasteiger charge is 2.52. The molecular weight excluding hydrogens is 477 g/mol. The molecule has 0 bridgehead atoms. The molecule has 9 nitrogen and oxygen atoms in total. The Morgan fingerprint density at radius 2 is 2.11 bits per heavy atom. The molecule has 4 aliphatic rings. The van der Waals surface area contributed by atoms with Gasteiger partial charge >= 0.3 is 6.09 Å². The van der Waals surface area contributed by atoms with Crippen LogP contribution in [-0.2, 0) is 30.8 Å². The van der Waals surface area contributed by atoms with Crippen LogP contribution in [0, 0.1) is 11.2 Å². The maximum Gasteiger partial charge on any atom is 0.407 e. The smallest absolute Gasteiger partial charge is 0.407 e. The third-order valence-corrected chi connectivity index (χ3v) is 8.28. The number of rotatable bonds is 5. The van der Waals surface area contributed by atoms with E-state index in [1.54, 1.807) is 4.90 Å². The van der Waals surface area contributed by atoms with Crippen LogP contribution in [0.2, 0.25) is 5.02 Å². The number of ether oxygens (including phenoxy) is 1. The van der Waals surface area contributed by atoms with Gasteiger partial charge in [-0.2, -0.15) is 0 Å². The summed E-state index contributed by atoms with van der Waals surface area (Å²) in [6.07, 6.45) is 4.64. The van der Waals surface area contributed by atoms with Gasteiger partial charge in [0.25, 0.3) is 0 Å². The number of carboxylic acid groups (broad SMARTS) is 1. The van der Waals surface area contributed by atoms with E-state index >= 15 is 4.39 Å². The second kappa shape index (κ2) is 8.36. The van der Waals surface area contributed by atoms with Crippen LogP contribution in [0.1, 0.15) is 60.7 Å². The number of amides is 2. The molecule has 11 heteroatoms. The molecule has 1 N–H and O–H groups in total. The van der Waals surface area contributed by atoms with Gasteiger partial charge in [-0.1, -0.05) is 16.8 Å². The Balaban J connectivity index is 1.35. The van der Waals surface area contributed by atoms with Crippen molar-refractivity contribution in [1.29, 1.82) is 0 Å². The summed E-state index contributed by atoms with van der Waals surface area (Å²) in [4.78, 5) is 27.9. The van der Waals surface area contributed by atoms with E-state index in [1.165, 1.54) is 11.0 Å². The van der Waals surface area contributed by atoms with Crippen LogP contribution in [0.4, 0.5) is 9.18 Å². The molecule has 2 amide bonds. The average molecular weight is 504 g/mol. The SMILES string of the molecule is O=C1CC2(CC2)CN1C[C@@H]1c2c(c(Cl)cc(F)c2OCc2nnn3c2CCCC3)CCN1C(=O)O. The third-order valence-electron chi connectivity index (χ3n) is 7.95. The number of likely N-dealkylation sites (tertiary alicyclic amines) is 1. The van der Waals surface area contributed by atoms with Crippen LogP contribution in [-0.4, -0.2) is 61.5 Å². The van der Waals surface area contributed by atoms with Gasteiger partial charge in [-0.25, -0.2) is 13.9 Å². The minimum Gasteiger partial charge on any atom is -0.484 e. The molecule has 6 rings (SSSR count). The number of aryl methyl sites for hydroxylation is 1.